The van der Waals surface area contributed by atoms with Crippen LogP contribution in [0.4, 0.5) is 0 Å². The Bertz CT molecular complexity index is 1980. The van der Waals surface area contributed by atoms with E-state index in [2.05, 4.69) is 41.5 Å². The summed E-state index contributed by atoms with van der Waals surface area (Å²) in [6.07, 6.45) is 66.5. The minimum Gasteiger partial charge on any atom is -0.462 e. The van der Waals surface area contributed by atoms with Crippen LogP contribution >= 0.6 is 15.6 Å². The predicted molar refractivity (Wildman–Crippen MR) is 423 cm³/mol. The van der Waals surface area contributed by atoms with Gasteiger partial charge in [0.15, 0.2) is 12.2 Å². The molecule has 0 aliphatic rings. The molecule has 17 nitrogen and oxygen atoms in total. The van der Waals surface area contributed by atoms with Crippen molar-refractivity contribution in [2.75, 3.05) is 39.6 Å². The molecule has 0 fully saturated rings. The van der Waals surface area contributed by atoms with Crippen LogP contribution in [0.15, 0.2) is 0 Å². The number of hydrogen-bond donors (Lipinski definition) is 3. The Hall–Kier alpha value is -1.94. The molecule has 19 heteroatoms. The summed E-state index contributed by atoms with van der Waals surface area (Å²) in [5.74, 6) is -0.513. The standard InChI is InChI=1S/C84H164O17P2/c1-7-10-12-14-16-18-20-22-24-25-26-28-32-36-42-48-54-60-66-81(86)94-72-79(100-84(89)69-63-57-51-44-38-34-30-29-31-35-41-47-53-59-65-77(6)9-3)74-98-102(90,91)96-70-78(85)71-97-103(92,93)99-75-80(73-95-82(87)67-61-55-49-45-39-40-46-52-58-64-76(4)5)101-83(88)68-62-56-50-43-37-33-27-23-21-19-17-15-13-11-8-2/h76-80,85H,7-75H2,1-6H3,(H,90,91)(H,92,93)/t77?,78-,79-,80-/m1/s1. The molecule has 3 unspecified atom stereocenters. The van der Waals surface area contributed by atoms with Crippen LogP contribution < -0.4 is 0 Å². The van der Waals surface area contributed by atoms with E-state index in [0.29, 0.717) is 25.7 Å². The molecule has 612 valence electrons. The van der Waals surface area contributed by atoms with E-state index in [4.69, 9.17) is 37.0 Å². The molecule has 103 heavy (non-hydrogen) atoms. The molecule has 0 aliphatic heterocycles. The fourth-order valence-corrected chi connectivity index (χ4v) is 14.6. The fourth-order valence-electron chi connectivity index (χ4n) is 13.0. The largest absolute Gasteiger partial charge is 0.472 e. The fraction of sp³-hybridized carbons (Fsp3) is 0.952. The van der Waals surface area contributed by atoms with Crippen LogP contribution in [0.1, 0.15) is 446 Å². The number of rotatable bonds is 83. The van der Waals surface area contributed by atoms with E-state index in [1.165, 1.54) is 263 Å². The van der Waals surface area contributed by atoms with Crippen LogP contribution in [-0.4, -0.2) is 96.7 Å². The molecule has 0 spiro atoms. The normalized spacial score (nSPS) is 14.1. The summed E-state index contributed by atoms with van der Waals surface area (Å²) >= 11 is 0. The number of esters is 4. The van der Waals surface area contributed by atoms with Gasteiger partial charge in [0.25, 0.3) is 0 Å². The van der Waals surface area contributed by atoms with Crippen molar-refractivity contribution >= 4 is 39.5 Å². The first-order valence-corrected chi connectivity index (χ1v) is 46.5. The van der Waals surface area contributed by atoms with E-state index in [0.717, 1.165) is 102 Å². The first-order chi connectivity index (χ1) is 49.9. The first-order valence-electron chi connectivity index (χ1n) is 43.5. The van der Waals surface area contributed by atoms with E-state index in [1.54, 1.807) is 0 Å². The van der Waals surface area contributed by atoms with Crippen LogP contribution in [0.2, 0.25) is 0 Å². The van der Waals surface area contributed by atoms with Gasteiger partial charge in [-0.05, 0) is 37.5 Å². The Morgan fingerprint density at radius 3 is 0.738 bits per heavy atom. The van der Waals surface area contributed by atoms with E-state index in [1.807, 2.05) is 0 Å². The van der Waals surface area contributed by atoms with Crippen molar-refractivity contribution in [1.82, 2.24) is 0 Å². The van der Waals surface area contributed by atoms with Crippen molar-refractivity contribution in [2.24, 2.45) is 11.8 Å². The van der Waals surface area contributed by atoms with Crippen molar-refractivity contribution in [3.05, 3.63) is 0 Å². The van der Waals surface area contributed by atoms with Gasteiger partial charge in [-0.25, -0.2) is 9.13 Å². The third-order valence-corrected chi connectivity index (χ3v) is 22.0. The van der Waals surface area contributed by atoms with Crippen LogP contribution in [-0.2, 0) is 65.4 Å². The second-order valence-electron chi connectivity index (χ2n) is 30.9. The van der Waals surface area contributed by atoms with E-state index < -0.39 is 97.5 Å². The number of ether oxygens (including phenoxy) is 4. The molecule has 0 rings (SSSR count). The molecule has 0 radical (unpaired) electrons. The average molecular weight is 1510 g/mol. The van der Waals surface area contributed by atoms with Crippen molar-refractivity contribution in [2.45, 2.75) is 464 Å². The highest BCUT2D eigenvalue weighted by Gasteiger charge is 2.30. The van der Waals surface area contributed by atoms with Crippen molar-refractivity contribution in [1.29, 1.82) is 0 Å². The smallest absolute Gasteiger partial charge is 0.462 e. The van der Waals surface area contributed by atoms with Gasteiger partial charge in [0.05, 0.1) is 26.4 Å². The quantitative estimate of drug-likeness (QED) is 0.0222. The summed E-state index contributed by atoms with van der Waals surface area (Å²) in [5.41, 5.74) is 0. The molecular formula is C84H164O17P2. The Morgan fingerprint density at radius 2 is 0.495 bits per heavy atom. The van der Waals surface area contributed by atoms with Crippen LogP contribution in [0, 0.1) is 11.8 Å². The van der Waals surface area contributed by atoms with E-state index in [-0.39, 0.29) is 25.7 Å². The zero-order valence-electron chi connectivity index (χ0n) is 67.6. The lowest BCUT2D eigenvalue weighted by Gasteiger charge is -2.21. The van der Waals surface area contributed by atoms with Gasteiger partial charge in [-0.2, -0.15) is 0 Å². The highest BCUT2D eigenvalue weighted by Crippen LogP contribution is 2.45. The van der Waals surface area contributed by atoms with Crippen LogP contribution in [0.3, 0.4) is 0 Å². The van der Waals surface area contributed by atoms with Gasteiger partial charge in [-0.15, -0.1) is 0 Å². The third kappa shape index (κ3) is 76.6. The number of carbonyl (C=O) groups is 4. The predicted octanol–water partition coefficient (Wildman–Crippen LogP) is 25.5. The van der Waals surface area contributed by atoms with Gasteiger partial charge in [0.2, 0.25) is 0 Å². The number of aliphatic hydroxyl groups is 1. The van der Waals surface area contributed by atoms with Crippen LogP contribution in [0.25, 0.3) is 0 Å². The first kappa shape index (κ1) is 101. The van der Waals surface area contributed by atoms with Gasteiger partial charge in [-0.3, -0.25) is 37.3 Å². The zero-order chi connectivity index (χ0) is 75.6. The van der Waals surface area contributed by atoms with Gasteiger partial charge in [0, 0.05) is 25.7 Å². The van der Waals surface area contributed by atoms with Gasteiger partial charge >= 0.3 is 39.5 Å². The van der Waals surface area contributed by atoms with E-state index in [9.17, 15) is 43.2 Å². The maximum atomic E-state index is 13.1. The SMILES string of the molecule is CCCCCCCCCCCCCCCCCCCCC(=O)OC[C@H](COP(=O)(O)OC[C@@H](O)COP(=O)(O)OC[C@@H](COC(=O)CCCCCCCCCCCC(C)C)OC(=O)CCCCCCCCCCCCCCCCC)OC(=O)CCCCCCCCCCCCCCCCC(C)CC. The Kier molecular flexibility index (Phi) is 74.1. The molecule has 0 aromatic carbocycles. The number of aliphatic hydroxyl groups excluding tert-OH is 1. The molecule has 0 bridgehead atoms. The second-order valence-corrected chi connectivity index (χ2v) is 33.8. The zero-order valence-corrected chi connectivity index (χ0v) is 69.4. The summed E-state index contributed by atoms with van der Waals surface area (Å²) in [6, 6.07) is 0. The van der Waals surface area contributed by atoms with Gasteiger partial charge in [0.1, 0.15) is 19.3 Å². The van der Waals surface area contributed by atoms with E-state index >= 15 is 0 Å². The number of phosphoric ester groups is 2. The molecule has 0 saturated heterocycles. The second kappa shape index (κ2) is 75.5. The summed E-state index contributed by atoms with van der Waals surface area (Å²) in [7, 11) is -9.93. The monoisotopic (exact) mass is 1510 g/mol. The minimum atomic E-state index is -4.96. The highest BCUT2D eigenvalue weighted by molar-refractivity contribution is 7.47. The third-order valence-electron chi connectivity index (χ3n) is 20.1. The maximum Gasteiger partial charge on any atom is 0.472 e. The number of phosphoric acid groups is 2. The Morgan fingerprint density at radius 1 is 0.282 bits per heavy atom. The van der Waals surface area contributed by atoms with Crippen molar-refractivity contribution < 1.29 is 80.2 Å². The molecule has 0 aromatic rings. The van der Waals surface area contributed by atoms with Crippen LogP contribution in [0.5, 0.6) is 0 Å². The molecule has 0 aromatic heterocycles. The molecule has 0 saturated carbocycles. The topological polar surface area (TPSA) is 237 Å². The number of unbranched alkanes of at least 4 members (excludes halogenated alkanes) is 52. The molecule has 0 aliphatic carbocycles. The van der Waals surface area contributed by atoms with Crippen molar-refractivity contribution in [3.8, 4) is 0 Å². The highest BCUT2D eigenvalue weighted by atomic mass is 31.2. The summed E-state index contributed by atoms with van der Waals surface area (Å²) < 4.78 is 68.9. The minimum absolute atomic E-state index is 0.108. The number of carbonyl (C=O) groups excluding carboxylic acids is 4. The average Bonchev–Trinajstić information content (AvgIpc) is 0.913. The molecular weight excluding hydrogens is 1340 g/mol. The lowest BCUT2D eigenvalue weighted by molar-refractivity contribution is -0.161. The maximum absolute atomic E-state index is 13.1. The number of hydrogen-bond acceptors (Lipinski definition) is 15. The molecule has 3 N–H and O–H groups in total. The summed E-state index contributed by atoms with van der Waals surface area (Å²) in [5, 5.41) is 10.7. The Balaban J connectivity index is 5.26. The molecule has 0 heterocycles. The Labute approximate surface area is 632 Å². The summed E-state index contributed by atoms with van der Waals surface area (Å²) in [4.78, 5) is 73.2. The van der Waals surface area contributed by atoms with Crippen molar-refractivity contribution in [3.63, 3.8) is 0 Å². The molecule has 0 amide bonds. The van der Waals surface area contributed by atoms with Gasteiger partial charge in [-0.1, -0.05) is 395 Å². The van der Waals surface area contributed by atoms with Gasteiger partial charge < -0.3 is 33.8 Å². The summed E-state index contributed by atoms with van der Waals surface area (Å²) in [6.45, 7) is 9.70. The lowest BCUT2D eigenvalue weighted by atomic mass is 9.99. The molecule has 6 atom stereocenters. The lowest BCUT2D eigenvalue weighted by Crippen LogP contribution is -2.30.